The highest BCUT2D eigenvalue weighted by molar-refractivity contribution is 6.22. The lowest BCUT2D eigenvalue weighted by Crippen LogP contribution is -2.50. The van der Waals surface area contributed by atoms with Crippen LogP contribution < -0.4 is 10.6 Å². The van der Waals surface area contributed by atoms with E-state index < -0.39 is 47.8 Å². The van der Waals surface area contributed by atoms with Crippen LogP contribution in [-0.2, 0) is 14.3 Å². The summed E-state index contributed by atoms with van der Waals surface area (Å²) in [4.78, 5) is 64.2. The van der Waals surface area contributed by atoms with Gasteiger partial charge >= 0.3 is 12.0 Å². The Morgan fingerprint density at radius 2 is 1.41 bits per heavy atom. The molecule has 9 heteroatoms. The molecule has 1 aliphatic heterocycles. The standard InChI is InChI=1S/C23H23N3O6/c1-13(2)17(26-20(28)15-11-7-8-12-16(15)21(26)29)22(30)32-18(14-9-5-4-6-10-14)19(27)25-23(31)24-3/h4-13,17-18H,1-3H3,(H2,24,25,27,31)/t17-,18-/m1/s1. The molecule has 0 aliphatic carbocycles. The number of imide groups is 2. The zero-order valence-corrected chi connectivity index (χ0v) is 17.8. The summed E-state index contributed by atoms with van der Waals surface area (Å²) in [7, 11) is 1.34. The quantitative estimate of drug-likeness (QED) is 0.527. The third kappa shape index (κ3) is 4.36. The lowest BCUT2D eigenvalue weighted by atomic mass is 10.0. The largest absolute Gasteiger partial charge is 0.446 e. The van der Waals surface area contributed by atoms with Crippen molar-refractivity contribution in [1.29, 1.82) is 0 Å². The Morgan fingerprint density at radius 1 is 0.875 bits per heavy atom. The zero-order valence-electron chi connectivity index (χ0n) is 17.8. The van der Waals surface area contributed by atoms with Crippen molar-refractivity contribution in [3.05, 3.63) is 71.3 Å². The van der Waals surface area contributed by atoms with E-state index in [0.717, 1.165) is 4.90 Å². The normalized spacial score (nSPS) is 14.6. The van der Waals surface area contributed by atoms with E-state index in [1.807, 2.05) is 0 Å². The number of carbonyl (C=O) groups is 5. The Morgan fingerprint density at radius 3 is 1.91 bits per heavy atom. The van der Waals surface area contributed by atoms with E-state index in [2.05, 4.69) is 10.6 Å². The van der Waals surface area contributed by atoms with Crippen LogP contribution in [-0.4, -0.2) is 47.7 Å². The first-order chi connectivity index (χ1) is 15.3. The van der Waals surface area contributed by atoms with Gasteiger partial charge in [-0.1, -0.05) is 56.3 Å². The van der Waals surface area contributed by atoms with Gasteiger partial charge in [0.15, 0.2) is 0 Å². The van der Waals surface area contributed by atoms with Crippen LogP contribution in [0.1, 0.15) is 46.2 Å². The molecule has 32 heavy (non-hydrogen) atoms. The first-order valence-corrected chi connectivity index (χ1v) is 10.0. The minimum Gasteiger partial charge on any atom is -0.446 e. The number of hydrogen-bond donors (Lipinski definition) is 2. The Kier molecular flexibility index (Phi) is 6.67. The lowest BCUT2D eigenvalue weighted by molar-refractivity contribution is -0.161. The van der Waals surface area contributed by atoms with Gasteiger partial charge in [-0.15, -0.1) is 0 Å². The van der Waals surface area contributed by atoms with Crippen molar-refractivity contribution < 1.29 is 28.7 Å². The van der Waals surface area contributed by atoms with Gasteiger partial charge in [-0.3, -0.25) is 24.6 Å². The second-order valence-corrected chi connectivity index (χ2v) is 7.51. The van der Waals surface area contributed by atoms with Crippen LogP contribution in [0.15, 0.2) is 54.6 Å². The second-order valence-electron chi connectivity index (χ2n) is 7.51. The maximum Gasteiger partial charge on any atom is 0.330 e. The highest BCUT2D eigenvalue weighted by Gasteiger charge is 2.45. The van der Waals surface area contributed by atoms with Crippen molar-refractivity contribution >= 4 is 29.7 Å². The lowest BCUT2D eigenvalue weighted by Gasteiger charge is -2.29. The maximum atomic E-state index is 13.2. The van der Waals surface area contributed by atoms with Crippen molar-refractivity contribution in [1.82, 2.24) is 15.5 Å². The average Bonchev–Trinajstić information content (AvgIpc) is 3.03. The van der Waals surface area contributed by atoms with Crippen LogP contribution in [0.3, 0.4) is 0 Å². The molecule has 166 valence electrons. The molecular weight excluding hydrogens is 414 g/mol. The van der Waals surface area contributed by atoms with E-state index in [-0.39, 0.29) is 11.1 Å². The van der Waals surface area contributed by atoms with Crippen molar-refractivity contribution in [2.24, 2.45) is 5.92 Å². The molecule has 2 aromatic carbocycles. The minimum absolute atomic E-state index is 0.202. The third-order valence-electron chi connectivity index (χ3n) is 5.01. The Bertz CT molecular complexity index is 1030. The van der Waals surface area contributed by atoms with Crippen LogP contribution in [0.4, 0.5) is 4.79 Å². The molecule has 1 heterocycles. The zero-order chi connectivity index (χ0) is 23.4. The summed E-state index contributed by atoms with van der Waals surface area (Å²) < 4.78 is 5.50. The third-order valence-corrected chi connectivity index (χ3v) is 5.01. The molecule has 0 aromatic heterocycles. The van der Waals surface area contributed by atoms with Gasteiger partial charge in [0.05, 0.1) is 11.1 Å². The smallest absolute Gasteiger partial charge is 0.330 e. The van der Waals surface area contributed by atoms with Gasteiger partial charge in [0.2, 0.25) is 6.10 Å². The molecule has 0 spiro atoms. The van der Waals surface area contributed by atoms with Crippen molar-refractivity contribution in [2.45, 2.75) is 26.0 Å². The summed E-state index contributed by atoms with van der Waals surface area (Å²) >= 11 is 0. The number of fused-ring (bicyclic) bond motifs is 1. The number of amides is 5. The van der Waals surface area contributed by atoms with Crippen LogP contribution in [0.2, 0.25) is 0 Å². The molecule has 0 bridgehead atoms. The number of nitrogens with one attached hydrogen (secondary N) is 2. The van der Waals surface area contributed by atoms with Gasteiger partial charge in [-0.25, -0.2) is 9.59 Å². The molecule has 1 aliphatic rings. The van der Waals surface area contributed by atoms with E-state index in [4.69, 9.17) is 4.74 Å². The second kappa shape index (κ2) is 9.42. The number of urea groups is 1. The number of hydrogen-bond acceptors (Lipinski definition) is 6. The molecule has 0 fully saturated rings. The number of rotatable bonds is 6. The predicted octanol–water partition coefficient (Wildman–Crippen LogP) is 2.05. The molecule has 2 aromatic rings. The van der Waals surface area contributed by atoms with Gasteiger partial charge in [-0.05, 0) is 18.1 Å². The molecule has 3 rings (SSSR count). The molecule has 0 unspecified atom stereocenters. The van der Waals surface area contributed by atoms with Gasteiger partial charge in [0, 0.05) is 12.6 Å². The number of esters is 1. The van der Waals surface area contributed by atoms with Crippen molar-refractivity contribution in [3.63, 3.8) is 0 Å². The van der Waals surface area contributed by atoms with Gasteiger partial charge in [0.1, 0.15) is 6.04 Å². The van der Waals surface area contributed by atoms with Crippen LogP contribution >= 0.6 is 0 Å². The molecule has 5 amide bonds. The summed E-state index contributed by atoms with van der Waals surface area (Å²) in [6, 6.07) is 12.4. The van der Waals surface area contributed by atoms with Crippen LogP contribution in [0.25, 0.3) is 0 Å². The summed E-state index contributed by atoms with van der Waals surface area (Å²) in [5.74, 6) is -3.51. The predicted molar refractivity (Wildman–Crippen MR) is 113 cm³/mol. The summed E-state index contributed by atoms with van der Waals surface area (Å²) in [5.41, 5.74) is 0.730. The SMILES string of the molecule is CNC(=O)NC(=O)[C@H](OC(=O)[C@@H](C(C)C)N1C(=O)c2ccccc2C1=O)c1ccccc1. The fourth-order valence-electron chi connectivity index (χ4n) is 3.46. The molecule has 0 saturated carbocycles. The van der Waals surface area contributed by atoms with Gasteiger partial charge in [0.25, 0.3) is 17.7 Å². The van der Waals surface area contributed by atoms with E-state index >= 15 is 0 Å². The number of ether oxygens (including phenoxy) is 1. The first kappa shape index (κ1) is 22.7. The molecule has 9 nitrogen and oxygen atoms in total. The average molecular weight is 437 g/mol. The fraction of sp³-hybridized carbons (Fsp3) is 0.261. The Balaban J connectivity index is 1.91. The summed E-state index contributed by atoms with van der Waals surface area (Å²) in [6.07, 6.45) is -1.46. The summed E-state index contributed by atoms with van der Waals surface area (Å²) in [6.45, 7) is 3.33. The molecule has 2 N–H and O–H groups in total. The molecule has 0 radical (unpaired) electrons. The summed E-state index contributed by atoms with van der Waals surface area (Å²) in [5, 5.41) is 4.34. The van der Waals surface area contributed by atoms with Crippen LogP contribution in [0.5, 0.6) is 0 Å². The molecule has 0 saturated heterocycles. The highest BCUT2D eigenvalue weighted by Crippen LogP contribution is 2.29. The van der Waals surface area contributed by atoms with Gasteiger partial charge in [-0.2, -0.15) is 0 Å². The maximum absolute atomic E-state index is 13.2. The highest BCUT2D eigenvalue weighted by atomic mass is 16.6. The first-order valence-electron chi connectivity index (χ1n) is 10.0. The van der Waals surface area contributed by atoms with E-state index in [1.165, 1.54) is 19.2 Å². The Hall–Kier alpha value is -4.01. The molecular formula is C23H23N3O6. The van der Waals surface area contributed by atoms with Crippen LogP contribution in [0, 0.1) is 5.92 Å². The van der Waals surface area contributed by atoms with Crippen molar-refractivity contribution in [3.8, 4) is 0 Å². The van der Waals surface area contributed by atoms with E-state index in [1.54, 1.807) is 56.3 Å². The fourth-order valence-corrected chi connectivity index (χ4v) is 3.46. The number of carbonyl (C=O) groups excluding carboxylic acids is 5. The van der Waals surface area contributed by atoms with Gasteiger partial charge < -0.3 is 10.1 Å². The number of benzene rings is 2. The van der Waals surface area contributed by atoms with E-state index in [0.29, 0.717) is 5.56 Å². The molecule has 2 atom stereocenters. The Labute approximate surface area is 184 Å². The number of nitrogens with zero attached hydrogens (tertiary/aromatic N) is 1. The van der Waals surface area contributed by atoms with E-state index in [9.17, 15) is 24.0 Å². The van der Waals surface area contributed by atoms with Crippen molar-refractivity contribution in [2.75, 3.05) is 7.05 Å². The monoisotopic (exact) mass is 437 g/mol. The minimum atomic E-state index is -1.46. The topological polar surface area (TPSA) is 122 Å².